The fourth-order valence-corrected chi connectivity index (χ4v) is 1.08. The molecule has 1 rings (SSSR count). The van der Waals surface area contributed by atoms with Crippen LogP contribution >= 0.6 is 11.6 Å². The van der Waals surface area contributed by atoms with Gasteiger partial charge in [-0.3, -0.25) is 0 Å². The van der Waals surface area contributed by atoms with Crippen LogP contribution in [0.15, 0.2) is 12.3 Å². The Morgan fingerprint density at radius 2 is 2.17 bits per heavy atom. The first-order chi connectivity index (χ1) is 5.41. The number of hydrogen-bond acceptors (Lipinski definition) is 2. The number of pyridine rings is 1. The van der Waals surface area contributed by atoms with Crippen LogP contribution in [0.1, 0.15) is 12.6 Å². The van der Waals surface area contributed by atoms with Crippen molar-refractivity contribution in [3.8, 4) is 5.75 Å². The maximum Gasteiger partial charge on any atom is 0.288 e. The average molecular weight is 194 g/mol. The standard InChI is InChI=1S/C7H6ClF2NO/c1-7(9,10)6-5(8)2-4(12)3-11-6/h2-3,12H,1H3. The summed E-state index contributed by atoms with van der Waals surface area (Å²) in [4.78, 5) is 3.32. The lowest BCUT2D eigenvalue weighted by atomic mass is 10.2. The largest absolute Gasteiger partial charge is 0.506 e. The van der Waals surface area contributed by atoms with E-state index in [-0.39, 0.29) is 10.8 Å². The monoisotopic (exact) mass is 193 g/mol. The number of halogens is 3. The second-order valence-electron chi connectivity index (χ2n) is 2.41. The number of rotatable bonds is 1. The molecule has 12 heavy (non-hydrogen) atoms. The molecule has 1 heterocycles. The Labute approximate surface area is 72.8 Å². The van der Waals surface area contributed by atoms with Crippen LogP contribution in [-0.2, 0) is 5.92 Å². The van der Waals surface area contributed by atoms with Gasteiger partial charge in [0.2, 0.25) is 0 Å². The maximum atomic E-state index is 12.6. The van der Waals surface area contributed by atoms with Crippen LogP contribution in [0.2, 0.25) is 5.02 Å². The maximum absolute atomic E-state index is 12.6. The summed E-state index contributed by atoms with van der Waals surface area (Å²) in [6.07, 6.45) is 0.929. The minimum absolute atomic E-state index is 0.229. The van der Waals surface area contributed by atoms with Gasteiger partial charge in [0.05, 0.1) is 11.2 Å². The van der Waals surface area contributed by atoms with E-state index in [0.29, 0.717) is 6.92 Å². The second kappa shape index (κ2) is 2.86. The molecule has 0 amide bonds. The van der Waals surface area contributed by atoms with Gasteiger partial charge in [0.25, 0.3) is 5.92 Å². The molecule has 2 nitrogen and oxygen atoms in total. The van der Waals surface area contributed by atoms with E-state index in [1.54, 1.807) is 0 Å². The van der Waals surface area contributed by atoms with Crippen molar-refractivity contribution < 1.29 is 13.9 Å². The van der Waals surface area contributed by atoms with E-state index in [1.807, 2.05) is 0 Å². The summed E-state index contributed by atoms with van der Waals surface area (Å²) >= 11 is 5.41. The molecule has 0 saturated heterocycles. The Bertz CT molecular complexity index is 298. The molecule has 66 valence electrons. The molecule has 0 aromatic carbocycles. The van der Waals surface area contributed by atoms with Crippen molar-refractivity contribution in [3.05, 3.63) is 23.0 Å². The Morgan fingerprint density at radius 3 is 2.58 bits per heavy atom. The highest BCUT2D eigenvalue weighted by Crippen LogP contribution is 2.32. The van der Waals surface area contributed by atoms with Gasteiger partial charge in [-0.15, -0.1) is 0 Å². The van der Waals surface area contributed by atoms with E-state index in [2.05, 4.69) is 4.98 Å². The molecule has 1 aromatic heterocycles. The lowest BCUT2D eigenvalue weighted by Gasteiger charge is -2.10. The topological polar surface area (TPSA) is 33.1 Å². The third kappa shape index (κ3) is 1.82. The zero-order valence-electron chi connectivity index (χ0n) is 6.18. The van der Waals surface area contributed by atoms with E-state index in [0.717, 1.165) is 12.3 Å². The van der Waals surface area contributed by atoms with E-state index in [9.17, 15) is 8.78 Å². The van der Waals surface area contributed by atoms with Gasteiger partial charge in [-0.1, -0.05) is 11.6 Å². The zero-order valence-corrected chi connectivity index (χ0v) is 6.94. The van der Waals surface area contributed by atoms with Gasteiger partial charge in [-0.05, 0) is 0 Å². The first kappa shape index (κ1) is 9.19. The molecule has 0 aliphatic heterocycles. The molecule has 0 aliphatic rings. The third-order valence-electron chi connectivity index (χ3n) is 1.24. The van der Waals surface area contributed by atoms with E-state index < -0.39 is 11.6 Å². The average Bonchev–Trinajstić information content (AvgIpc) is 1.83. The number of alkyl halides is 2. The van der Waals surface area contributed by atoms with Gasteiger partial charge in [0.15, 0.2) is 0 Å². The molecule has 1 N–H and O–H groups in total. The number of aromatic hydroxyl groups is 1. The molecule has 0 aliphatic carbocycles. The fourth-order valence-electron chi connectivity index (χ4n) is 0.751. The van der Waals surface area contributed by atoms with Crippen LogP contribution in [0.25, 0.3) is 0 Å². The van der Waals surface area contributed by atoms with Crippen molar-refractivity contribution in [1.29, 1.82) is 0 Å². The van der Waals surface area contributed by atoms with E-state index >= 15 is 0 Å². The van der Waals surface area contributed by atoms with Gasteiger partial charge in [-0.2, -0.15) is 8.78 Å². The van der Waals surface area contributed by atoms with Crippen molar-refractivity contribution in [2.75, 3.05) is 0 Å². The van der Waals surface area contributed by atoms with E-state index in [1.165, 1.54) is 0 Å². The van der Waals surface area contributed by atoms with Gasteiger partial charge in [0, 0.05) is 13.0 Å². The molecule has 0 saturated carbocycles. The van der Waals surface area contributed by atoms with Crippen LogP contribution in [0.4, 0.5) is 8.78 Å². The summed E-state index contributed by atoms with van der Waals surface area (Å²) in [5.41, 5.74) is -0.526. The van der Waals surface area contributed by atoms with Gasteiger partial charge >= 0.3 is 0 Å². The minimum Gasteiger partial charge on any atom is -0.506 e. The molecular formula is C7H6ClF2NO. The lowest BCUT2D eigenvalue weighted by molar-refractivity contribution is 0.0128. The summed E-state index contributed by atoms with van der Waals surface area (Å²) in [5.74, 6) is -3.31. The van der Waals surface area contributed by atoms with Crippen molar-refractivity contribution in [2.24, 2.45) is 0 Å². The smallest absolute Gasteiger partial charge is 0.288 e. The highest BCUT2D eigenvalue weighted by atomic mass is 35.5. The van der Waals surface area contributed by atoms with Gasteiger partial charge < -0.3 is 5.11 Å². The van der Waals surface area contributed by atoms with Crippen LogP contribution < -0.4 is 0 Å². The molecule has 0 bridgehead atoms. The second-order valence-corrected chi connectivity index (χ2v) is 2.82. The van der Waals surface area contributed by atoms with Gasteiger partial charge in [0.1, 0.15) is 11.4 Å². The van der Waals surface area contributed by atoms with Crippen LogP contribution in [0, 0.1) is 0 Å². The number of aromatic nitrogens is 1. The Kier molecular flexibility index (Phi) is 2.19. The zero-order chi connectivity index (χ0) is 9.35. The summed E-state index contributed by atoms with van der Waals surface area (Å²) < 4.78 is 25.2. The molecule has 0 radical (unpaired) electrons. The Balaban J connectivity index is 3.19. The molecule has 1 aromatic rings. The molecule has 5 heteroatoms. The Morgan fingerprint density at radius 1 is 1.58 bits per heavy atom. The molecule has 0 atom stereocenters. The first-order valence-corrected chi connectivity index (χ1v) is 3.52. The predicted molar refractivity (Wildman–Crippen MR) is 40.5 cm³/mol. The summed E-state index contributed by atoms with van der Waals surface area (Å²) in [5, 5.41) is 8.58. The van der Waals surface area contributed by atoms with E-state index in [4.69, 9.17) is 16.7 Å². The number of hydrogen-bond donors (Lipinski definition) is 1. The minimum atomic E-state index is -3.08. The molecule has 0 spiro atoms. The summed E-state index contributed by atoms with van der Waals surface area (Å²) in [6.45, 7) is 0.693. The highest BCUT2D eigenvalue weighted by Gasteiger charge is 2.29. The lowest BCUT2D eigenvalue weighted by Crippen LogP contribution is -2.10. The van der Waals surface area contributed by atoms with Crippen LogP contribution in [0.3, 0.4) is 0 Å². The summed E-state index contributed by atoms with van der Waals surface area (Å²) in [6, 6.07) is 1.03. The molecule has 0 unspecified atom stereocenters. The normalized spacial score (nSPS) is 11.7. The molecule has 0 fully saturated rings. The predicted octanol–water partition coefficient (Wildman–Crippen LogP) is 2.55. The molecular weight excluding hydrogens is 188 g/mol. The first-order valence-electron chi connectivity index (χ1n) is 3.14. The van der Waals surface area contributed by atoms with Crippen LogP contribution in [-0.4, -0.2) is 10.1 Å². The third-order valence-corrected chi connectivity index (χ3v) is 1.53. The highest BCUT2D eigenvalue weighted by molar-refractivity contribution is 6.31. The fraction of sp³-hybridized carbons (Fsp3) is 0.286. The summed E-state index contributed by atoms with van der Waals surface area (Å²) in [7, 11) is 0. The van der Waals surface area contributed by atoms with Gasteiger partial charge in [-0.25, -0.2) is 4.98 Å². The van der Waals surface area contributed by atoms with Crippen molar-refractivity contribution in [3.63, 3.8) is 0 Å². The SMILES string of the molecule is CC(F)(F)c1ncc(O)cc1Cl. The number of nitrogens with zero attached hydrogens (tertiary/aromatic N) is 1. The Hall–Kier alpha value is -0.900. The van der Waals surface area contributed by atoms with Crippen molar-refractivity contribution in [2.45, 2.75) is 12.8 Å². The van der Waals surface area contributed by atoms with Crippen molar-refractivity contribution in [1.82, 2.24) is 4.98 Å². The quantitative estimate of drug-likeness (QED) is 0.744. The van der Waals surface area contributed by atoms with Crippen LogP contribution in [0.5, 0.6) is 5.75 Å². The van der Waals surface area contributed by atoms with Crippen molar-refractivity contribution >= 4 is 11.6 Å².